The molecule has 0 amide bonds. The van der Waals surface area contributed by atoms with Crippen LogP contribution in [0.4, 0.5) is 0 Å². The van der Waals surface area contributed by atoms with Crippen molar-refractivity contribution in [1.29, 1.82) is 0 Å². The van der Waals surface area contributed by atoms with E-state index in [2.05, 4.69) is 15.5 Å². The van der Waals surface area contributed by atoms with Gasteiger partial charge in [0.1, 0.15) is 0 Å². The first-order chi connectivity index (χ1) is 9.34. The molecular weight excluding hydrogens is 278 g/mol. The Morgan fingerprint density at radius 3 is 2.68 bits per heavy atom. The lowest BCUT2D eigenvalue weighted by atomic mass is 9.96. The lowest BCUT2D eigenvalue weighted by molar-refractivity contribution is 0.0474. The zero-order valence-corrected chi connectivity index (χ0v) is 13.2. The zero-order chi connectivity index (χ0) is 13.3. The standard InChI is InChI=1S/C13H25N3OS2/c18-13(15-12-4-2-1-3-5-12)14-10-19-11-16-6-8-17-9-7-16/h12H,1-11H2,(H2,14,15,18). The quantitative estimate of drug-likeness (QED) is 0.458. The molecule has 0 unspecified atom stereocenters. The SMILES string of the molecule is S=C(NCSCN1CCOCC1)NC1CCCCC1. The van der Waals surface area contributed by atoms with Crippen LogP contribution in [0.15, 0.2) is 0 Å². The van der Waals surface area contributed by atoms with E-state index >= 15 is 0 Å². The number of nitrogens with one attached hydrogen (secondary N) is 2. The summed E-state index contributed by atoms with van der Waals surface area (Å²) in [5.41, 5.74) is 0. The fraction of sp³-hybridized carbons (Fsp3) is 0.923. The van der Waals surface area contributed by atoms with Gasteiger partial charge >= 0.3 is 0 Å². The van der Waals surface area contributed by atoms with Crippen molar-refractivity contribution in [2.75, 3.05) is 38.1 Å². The maximum absolute atomic E-state index is 5.34. The molecule has 2 aliphatic rings. The highest BCUT2D eigenvalue weighted by atomic mass is 32.2. The van der Waals surface area contributed by atoms with Gasteiger partial charge in [-0.2, -0.15) is 0 Å². The van der Waals surface area contributed by atoms with Gasteiger partial charge in [-0.1, -0.05) is 19.3 Å². The molecule has 2 fully saturated rings. The predicted molar refractivity (Wildman–Crippen MR) is 85.5 cm³/mol. The maximum atomic E-state index is 5.34. The normalized spacial score (nSPS) is 22.1. The Hall–Kier alpha value is -0.0400. The van der Waals surface area contributed by atoms with E-state index < -0.39 is 0 Å². The third-order valence-corrected chi connectivity index (χ3v) is 4.81. The van der Waals surface area contributed by atoms with Crippen LogP contribution >= 0.6 is 24.0 Å². The second-order valence-corrected chi connectivity index (χ2v) is 6.56. The van der Waals surface area contributed by atoms with Gasteiger partial charge in [0, 0.05) is 25.0 Å². The van der Waals surface area contributed by atoms with E-state index in [-0.39, 0.29) is 0 Å². The second kappa shape index (κ2) is 9.00. The molecule has 0 aromatic carbocycles. The van der Waals surface area contributed by atoms with Gasteiger partial charge in [-0.25, -0.2) is 0 Å². The summed E-state index contributed by atoms with van der Waals surface area (Å²) >= 11 is 7.22. The van der Waals surface area contributed by atoms with Crippen molar-refractivity contribution in [3.63, 3.8) is 0 Å². The Kier molecular flexibility index (Phi) is 7.27. The molecule has 1 saturated heterocycles. The monoisotopic (exact) mass is 303 g/mol. The fourth-order valence-corrected chi connectivity index (χ4v) is 3.69. The van der Waals surface area contributed by atoms with Crippen molar-refractivity contribution in [3.8, 4) is 0 Å². The molecule has 0 bridgehead atoms. The molecule has 0 radical (unpaired) electrons. The van der Waals surface area contributed by atoms with Gasteiger partial charge in [0.25, 0.3) is 0 Å². The van der Waals surface area contributed by atoms with Crippen LogP contribution in [0.3, 0.4) is 0 Å². The van der Waals surface area contributed by atoms with E-state index in [0.29, 0.717) is 6.04 Å². The number of rotatable bonds is 5. The zero-order valence-electron chi connectivity index (χ0n) is 11.5. The van der Waals surface area contributed by atoms with Crippen LogP contribution in [0, 0.1) is 0 Å². The van der Waals surface area contributed by atoms with Crippen LogP contribution in [-0.4, -0.2) is 54.1 Å². The summed E-state index contributed by atoms with van der Waals surface area (Å²) in [5.74, 6) is 1.94. The van der Waals surface area contributed by atoms with Gasteiger partial charge in [-0.3, -0.25) is 4.90 Å². The topological polar surface area (TPSA) is 36.5 Å². The van der Waals surface area contributed by atoms with Crippen LogP contribution in [0.2, 0.25) is 0 Å². The number of morpholine rings is 1. The average molecular weight is 303 g/mol. The number of thiocarbonyl (C=S) groups is 1. The Morgan fingerprint density at radius 2 is 1.95 bits per heavy atom. The van der Waals surface area contributed by atoms with Crippen molar-refractivity contribution < 1.29 is 4.74 Å². The molecule has 0 aromatic heterocycles. The van der Waals surface area contributed by atoms with E-state index in [1.54, 1.807) is 0 Å². The first kappa shape index (κ1) is 15.4. The van der Waals surface area contributed by atoms with Crippen molar-refractivity contribution in [1.82, 2.24) is 15.5 Å². The van der Waals surface area contributed by atoms with Gasteiger partial charge in [-0.15, -0.1) is 11.8 Å². The number of nitrogens with zero attached hydrogens (tertiary/aromatic N) is 1. The largest absolute Gasteiger partial charge is 0.379 e. The highest BCUT2D eigenvalue weighted by molar-refractivity contribution is 7.99. The Bertz CT molecular complexity index is 267. The molecule has 0 spiro atoms. The van der Waals surface area contributed by atoms with Crippen LogP contribution in [0.5, 0.6) is 0 Å². The number of thioether (sulfide) groups is 1. The third-order valence-electron chi connectivity index (χ3n) is 3.65. The fourth-order valence-electron chi connectivity index (χ4n) is 2.50. The molecule has 1 aliphatic heterocycles. The van der Waals surface area contributed by atoms with E-state index in [9.17, 15) is 0 Å². The first-order valence-corrected chi connectivity index (χ1v) is 8.83. The molecule has 19 heavy (non-hydrogen) atoms. The van der Waals surface area contributed by atoms with Gasteiger partial charge in [0.15, 0.2) is 5.11 Å². The van der Waals surface area contributed by atoms with Crippen molar-refractivity contribution in [3.05, 3.63) is 0 Å². The Labute approximate surface area is 126 Å². The summed E-state index contributed by atoms with van der Waals surface area (Å²) in [6.07, 6.45) is 6.59. The molecule has 2 rings (SSSR count). The molecule has 110 valence electrons. The van der Waals surface area contributed by atoms with Crippen LogP contribution < -0.4 is 10.6 Å². The summed E-state index contributed by atoms with van der Waals surface area (Å²) in [7, 11) is 0. The molecule has 2 N–H and O–H groups in total. The predicted octanol–water partition coefficient (Wildman–Crippen LogP) is 1.76. The van der Waals surface area contributed by atoms with Crippen LogP contribution in [0.1, 0.15) is 32.1 Å². The minimum Gasteiger partial charge on any atom is -0.379 e. The average Bonchev–Trinajstić information content (AvgIpc) is 2.46. The van der Waals surface area contributed by atoms with Gasteiger partial charge in [0.05, 0.1) is 19.1 Å². The molecule has 1 aliphatic carbocycles. The second-order valence-electron chi connectivity index (χ2n) is 5.19. The highest BCUT2D eigenvalue weighted by Gasteiger charge is 2.14. The van der Waals surface area contributed by atoms with Crippen LogP contribution in [-0.2, 0) is 4.74 Å². The van der Waals surface area contributed by atoms with Gasteiger partial charge in [-0.05, 0) is 25.1 Å². The molecule has 0 atom stereocenters. The Balaban J connectivity index is 1.48. The maximum Gasteiger partial charge on any atom is 0.167 e. The summed E-state index contributed by atoms with van der Waals surface area (Å²) < 4.78 is 5.33. The Morgan fingerprint density at radius 1 is 1.21 bits per heavy atom. The van der Waals surface area contributed by atoms with E-state index in [1.165, 1.54) is 32.1 Å². The smallest absolute Gasteiger partial charge is 0.167 e. The van der Waals surface area contributed by atoms with Crippen LogP contribution in [0.25, 0.3) is 0 Å². The van der Waals surface area contributed by atoms with E-state index in [0.717, 1.165) is 43.2 Å². The first-order valence-electron chi connectivity index (χ1n) is 7.27. The van der Waals surface area contributed by atoms with Crippen molar-refractivity contribution >= 4 is 29.1 Å². The molecular formula is C13H25N3OS2. The van der Waals surface area contributed by atoms with E-state index in [4.69, 9.17) is 17.0 Å². The summed E-state index contributed by atoms with van der Waals surface area (Å²) in [6, 6.07) is 0.595. The van der Waals surface area contributed by atoms with Gasteiger partial charge < -0.3 is 15.4 Å². The number of ether oxygens (including phenoxy) is 1. The molecule has 6 heteroatoms. The summed E-state index contributed by atoms with van der Waals surface area (Å²) in [6.45, 7) is 3.85. The molecule has 4 nitrogen and oxygen atoms in total. The molecule has 0 aromatic rings. The number of hydrogen-bond donors (Lipinski definition) is 2. The highest BCUT2D eigenvalue weighted by Crippen LogP contribution is 2.17. The van der Waals surface area contributed by atoms with Gasteiger partial charge in [0.2, 0.25) is 0 Å². The van der Waals surface area contributed by atoms with Crippen molar-refractivity contribution in [2.24, 2.45) is 0 Å². The van der Waals surface area contributed by atoms with Crippen molar-refractivity contribution in [2.45, 2.75) is 38.1 Å². The minimum absolute atomic E-state index is 0.595. The molecule has 1 heterocycles. The number of hydrogen-bond acceptors (Lipinski definition) is 4. The minimum atomic E-state index is 0.595. The van der Waals surface area contributed by atoms with E-state index in [1.807, 2.05) is 11.8 Å². The summed E-state index contributed by atoms with van der Waals surface area (Å²) in [5, 5.41) is 7.55. The third kappa shape index (κ3) is 6.29. The lowest BCUT2D eigenvalue weighted by Crippen LogP contribution is -2.43. The lowest BCUT2D eigenvalue weighted by Gasteiger charge is -2.26. The molecule has 1 saturated carbocycles. The summed E-state index contributed by atoms with van der Waals surface area (Å²) in [4.78, 5) is 2.42.